The Labute approximate surface area is 157 Å². The minimum absolute atomic E-state index is 0.0182. The molecule has 0 saturated carbocycles. The third-order valence-electron chi connectivity index (χ3n) is 4.23. The Kier molecular flexibility index (Phi) is 6.92. The first-order valence-electron chi connectivity index (χ1n) is 9.19. The van der Waals surface area contributed by atoms with Gasteiger partial charge in [-0.1, -0.05) is 39.0 Å². The van der Waals surface area contributed by atoms with Gasteiger partial charge in [0.2, 0.25) is 0 Å². The van der Waals surface area contributed by atoms with Gasteiger partial charge >= 0.3 is 0 Å². The molecule has 6 nitrogen and oxygen atoms in total. The zero-order chi connectivity index (χ0) is 19.2. The Bertz CT molecular complexity index is 724. The van der Waals surface area contributed by atoms with Gasteiger partial charge in [-0.2, -0.15) is 0 Å². The Hall–Kier alpha value is -1.76. The molecular formula is C19H31N3O3S. The van der Waals surface area contributed by atoms with Gasteiger partial charge in [-0.05, 0) is 30.4 Å². The molecule has 0 bridgehead atoms. The highest BCUT2D eigenvalue weighted by Gasteiger charge is 2.28. The quantitative estimate of drug-likeness (QED) is 0.448. The van der Waals surface area contributed by atoms with Crippen LogP contribution >= 0.6 is 0 Å². The molecule has 0 spiro atoms. The molecule has 1 aromatic rings. The molecule has 26 heavy (non-hydrogen) atoms. The Morgan fingerprint density at radius 2 is 2.04 bits per heavy atom. The van der Waals surface area contributed by atoms with Gasteiger partial charge in [0.15, 0.2) is 15.8 Å². The van der Waals surface area contributed by atoms with Crippen LogP contribution in [0.3, 0.4) is 0 Å². The van der Waals surface area contributed by atoms with E-state index in [9.17, 15) is 8.42 Å². The lowest BCUT2D eigenvalue weighted by atomic mass is 9.86. The number of ether oxygens (including phenoxy) is 1. The van der Waals surface area contributed by atoms with Gasteiger partial charge in [0.25, 0.3) is 0 Å². The normalized spacial score (nSPS) is 20.0. The molecule has 1 fully saturated rings. The summed E-state index contributed by atoms with van der Waals surface area (Å²) in [6.45, 7) is 10.2. The molecule has 0 radical (unpaired) electrons. The van der Waals surface area contributed by atoms with Crippen LogP contribution in [0, 0.1) is 0 Å². The highest BCUT2D eigenvalue weighted by atomic mass is 32.2. The van der Waals surface area contributed by atoms with Crippen LogP contribution in [0.1, 0.15) is 39.7 Å². The van der Waals surface area contributed by atoms with Crippen molar-refractivity contribution in [3.8, 4) is 5.75 Å². The van der Waals surface area contributed by atoms with E-state index in [0.29, 0.717) is 25.5 Å². The van der Waals surface area contributed by atoms with E-state index in [2.05, 4.69) is 42.5 Å². The van der Waals surface area contributed by atoms with Crippen molar-refractivity contribution in [3.63, 3.8) is 0 Å². The first kappa shape index (κ1) is 20.6. The Morgan fingerprint density at radius 3 is 2.65 bits per heavy atom. The zero-order valence-electron chi connectivity index (χ0n) is 16.2. The molecule has 1 aliphatic rings. The molecule has 0 aliphatic carbocycles. The van der Waals surface area contributed by atoms with Gasteiger partial charge in [-0.15, -0.1) is 0 Å². The largest absolute Gasteiger partial charge is 0.491 e. The first-order chi connectivity index (χ1) is 12.2. The summed E-state index contributed by atoms with van der Waals surface area (Å²) in [7, 11) is -2.91. The highest BCUT2D eigenvalue weighted by Crippen LogP contribution is 2.30. The van der Waals surface area contributed by atoms with Crippen molar-refractivity contribution in [1.82, 2.24) is 10.6 Å². The molecule has 2 N–H and O–H groups in total. The first-order valence-corrected chi connectivity index (χ1v) is 11.0. The van der Waals surface area contributed by atoms with Crippen molar-refractivity contribution in [2.75, 3.05) is 31.2 Å². The van der Waals surface area contributed by atoms with E-state index < -0.39 is 9.84 Å². The summed E-state index contributed by atoms with van der Waals surface area (Å²) in [4.78, 5) is 4.51. The van der Waals surface area contributed by atoms with Crippen molar-refractivity contribution in [2.24, 2.45) is 4.99 Å². The zero-order valence-corrected chi connectivity index (χ0v) is 17.0. The molecule has 1 unspecified atom stereocenters. The van der Waals surface area contributed by atoms with Crippen LogP contribution in [0.5, 0.6) is 5.75 Å². The standard InChI is InChI=1S/C19H31N3O3S/c1-5-20-18(22-15-10-13-26(23,24)14-15)21-11-12-25-17-9-7-6-8-16(17)19(2,3)4/h6-9,15H,5,10-14H2,1-4H3,(H2,20,21,22). The fourth-order valence-electron chi connectivity index (χ4n) is 2.95. The molecule has 1 atom stereocenters. The van der Waals surface area contributed by atoms with Gasteiger partial charge in [0.1, 0.15) is 12.4 Å². The van der Waals surface area contributed by atoms with Gasteiger partial charge in [-0.25, -0.2) is 13.4 Å². The van der Waals surface area contributed by atoms with E-state index in [1.807, 2.05) is 25.1 Å². The molecule has 7 heteroatoms. The fraction of sp³-hybridized carbons (Fsp3) is 0.632. The topological polar surface area (TPSA) is 79.8 Å². The van der Waals surface area contributed by atoms with Crippen LogP contribution in [0.4, 0.5) is 0 Å². The fourth-order valence-corrected chi connectivity index (χ4v) is 4.62. The van der Waals surface area contributed by atoms with Crippen LogP contribution < -0.4 is 15.4 Å². The van der Waals surface area contributed by atoms with Crippen LogP contribution in [0.15, 0.2) is 29.3 Å². The predicted molar refractivity (Wildman–Crippen MR) is 107 cm³/mol. The lowest BCUT2D eigenvalue weighted by Crippen LogP contribution is -2.44. The monoisotopic (exact) mass is 381 g/mol. The number of aliphatic imine (C=N–C) groups is 1. The molecule has 1 heterocycles. The van der Waals surface area contributed by atoms with E-state index in [0.717, 1.165) is 12.3 Å². The van der Waals surface area contributed by atoms with E-state index in [4.69, 9.17) is 4.74 Å². The maximum atomic E-state index is 11.6. The average Bonchev–Trinajstić information content (AvgIpc) is 2.90. The summed E-state index contributed by atoms with van der Waals surface area (Å²) in [6.07, 6.45) is 0.627. The number of guanidine groups is 1. The molecule has 0 aromatic heterocycles. The van der Waals surface area contributed by atoms with Crippen LogP contribution in [-0.2, 0) is 15.3 Å². The molecular weight excluding hydrogens is 350 g/mol. The molecule has 1 aliphatic heterocycles. The van der Waals surface area contributed by atoms with Crippen molar-refractivity contribution in [3.05, 3.63) is 29.8 Å². The number of hydrogen-bond acceptors (Lipinski definition) is 4. The Morgan fingerprint density at radius 1 is 1.31 bits per heavy atom. The van der Waals surface area contributed by atoms with Gasteiger partial charge in [0, 0.05) is 12.6 Å². The van der Waals surface area contributed by atoms with Crippen LogP contribution in [0.2, 0.25) is 0 Å². The lowest BCUT2D eigenvalue weighted by Gasteiger charge is -2.22. The maximum absolute atomic E-state index is 11.6. The van der Waals surface area contributed by atoms with Crippen LogP contribution in [-0.4, -0.2) is 51.6 Å². The predicted octanol–water partition coefficient (Wildman–Crippen LogP) is 2.11. The minimum Gasteiger partial charge on any atom is -0.491 e. The smallest absolute Gasteiger partial charge is 0.191 e. The summed E-state index contributed by atoms with van der Waals surface area (Å²) in [5, 5.41) is 6.37. The van der Waals surface area contributed by atoms with Gasteiger partial charge in [0.05, 0.1) is 18.1 Å². The SMILES string of the molecule is CCNC(=NCCOc1ccccc1C(C)(C)C)NC1CCS(=O)(=O)C1. The van der Waals surface area contributed by atoms with Gasteiger partial charge < -0.3 is 15.4 Å². The number of benzene rings is 1. The van der Waals surface area contributed by atoms with Crippen molar-refractivity contribution < 1.29 is 13.2 Å². The summed E-state index contributed by atoms with van der Waals surface area (Å²) >= 11 is 0. The maximum Gasteiger partial charge on any atom is 0.191 e. The average molecular weight is 382 g/mol. The molecule has 1 aromatic carbocycles. The van der Waals surface area contributed by atoms with E-state index in [1.54, 1.807) is 0 Å². The van der Waals surface area contributed by atoms with Crippen molar-refractivity contribution in [2.45, 2.75) is 45.6 Å². The van der Waals surface area contributed by atoms with Crippen LogP contribution in [0.25, 0.3) is 0 Å². The number of nitrogens with one attached hydrogen (secondary N) is 2. The third-order valence-corrected chi connectivity index (χ3v) is 6.00. The second kappa shape index (κ2) is 8.75. The molecule has 146 valence electrons. The number of hydrogen-bond donors (Lipinski definition) is 2. The minimum atomic E-state index is -2.91. The number of para-hydroxylation sites is 1. The number of rotatable bonds is 6. The van der Waals surface area contributed by atoms with Crippen molar-refractivity contribution in [1.29, 1.82) is 0 Å². The second-order valence-corrected chi connectivity index (χ2v) is 9.83. The summed E-state index contributed by atoms with van der Waals surface area (Å²) in [5.74, 6) is 1.95. The van der Waals surface area contributed by atoms with Crippen molar-refractivity contribution >= 4 is 15.8 Å². The Balaban J connectivity index is 1.91. The summed E-state index contributed by atoms with van der Waals surface area (Å²) in [6, 6.07) is 8.00. The van der Waals surface area contributed by atoms with E-state index in [-0.39, 0.29) is 23.0 Å². The van der Waals surface area contributed by atoms with E-state index >= 15 is 0 Å². The lowest BCUT2D eigenvalue weighted by molar-refractivity contribution is 0.319. The molecule has 2 rings (SSSR count). The summed E-state index contributed by atoms with van der Waals surface area (Å²) < 4.78 is 29.1. The second-order valence-electron chi connectivity index (χ2n) is 7.60. The number of nitrogens with zero attached hydrogens (tertiary/aromatic N) is 1. The summed E-state index contributed by atoms with van der Waals surface area (Å²) in [5.41, 5.74) is 1.19. The number of sulfone groups is 1. The highest BCUT2D eigenvalue weighted by molar-refractivity contribution is 7.91. The third kappa shape index (κ3) is 6.20. The molecule has 0 amide bonds. The molecule has 1 saturated heterocycles. The van der Waals surface area contributed by atoms with E-state index in [1.165, 1.54) is 5.56 Å². The van der Waals surface area contributed by atoms with Gasteiger partial charge in [-0.3, -0.25) is 0 Å².